The first-order valence-electron chi connectivity index (χ1n) is 6.75. The molecule has 2 N–H and O–H groups in total. The van der Waals surface area contributed by atoms with E-state index in [0.717, 1.165) is 36.7 Å². The number of rotatable bonds is 1. The van der Waals surface area contributed by atoms with Crippen molar-refractivity contribution in [2.24, 2.45) is 10.7 Å². The smallest absolute Gasteiger partial charge is 0.370 e. The molecule has 1 heterocycles. The molecule has 0 amide bonds. The van der Waals surface area contributed by atoms with Crippen molar-refractivity contribution in [2.45, 2.75) is 6.18 Å². The third kappa shape index (κ3) is 6.51. The predicted molar refractivity (Wildman–Crippen MR) is 99.1 cm³/mol. The summed E-state index contributed by atoms with van der Waals surface area (Å²) in [6.07, 6.45) is -4.35. The van der Waals surface area contributed by atoms with Crippen LogP contribution in [-0.2, 0) is 6.18 Å². The van der Waals surface area contributed by atoms with Crippen LogP contribution < -0.4 is 5.73 Å². The van der Waals surface area contributed by atoms with E-state index in [1.807, 2.05) is 16.7 Å². The summed E-state index contributed by atoms with van der Waals surface area (Å²) in [6.45, 7) is 1.90. The fraction of sp³-hybridized carbons (Fsp3) is 0.400. The molecule has 0 radical (unpaired) electrons. The molecule has 1 aliphatic heterocycles. The lowest BCUT2D eigenvalue weighted by Gasteiger charge is -2.26. The fourth-order valence-corrected chi connectivity index (χ4v) is 2.83. The molecule has 0 saturated carbocycles. The minimum absolute atomic E-state index is 0. The van der Waals surface area contributed by atoms with Crippen LogP contribution >= 0.6 is 35.7 Å². The highest BCUT2D eigenvalue weighted by Crippen LogP contribution is 2.29. The number of alkyl halides is 3. The molecule has 1 aromatic carbocycles. The molecular formula is C15H17F3IN3S. The Morgan fingerprint density at radius 3 is 2.65 bits per heavy atom. The molecule has 0 aromatic heterocycles. The van der Waals surface area contributed by atoms with Gasteiger partial charge in [-0.05, 0) is 18.2 Å². The zero-order chi connectivity index (χ0) is 16.0. The molecule has 1 saturated heterocycles. The van der Waals surface area contributed by atoms with Crippen LogP contribution in [0, 0.1) is 11.8 Å². The number of thioether (sulfide) groups is 1. The normalized spacial score (nSPS) is 15.4. The van der Waals surface area contributed by atoms with E-state index in [2.05, 4.69) is 16.8 Å². The van der Waals surface area contributed by atoms with Crippen LogP contribution in [0.15, 0.2) is 29.3 Å². The van der Waals surface area contributed by atoms with Crippen molar-refractivity contribution in [3.63, 3.8) is 0 Å². The van der Waals surface area contributed by atoms with Crippen LogP contribution in [0.25, 0.3) is 0 Å². The highest BCUT2D eigenvalue weighted by molar-refractivity contribution is 14.0. The number of nitrogens with two attached hydrogens (primary N) is 1. The lowest BCUT2D eigenvalue weighted by molar-refractivity contribution is -0.137. The maximum Gasteiger partial charge on any atom is 0.416 e. The zero-order valence-corrected chi connectivity index (χ0v) is 15.4. The zero-order valence-electron chi connectivity index (χ0n) is 12.3. The second-order valence-corrected chi connectivity index (χ2v) is 5.88. The van der Waals surface area contributed by atoms with Gasteiger partial charge in [-0.2, -0.15) is 24.9 Å². The quantitative estimate of drug-likeness (QED) is 0.307. The highest BCUT2D eigenvalue weighted by atomic mass is 127. The molecular weight excluding hydrogens is 438 g/mol. The monoisotopic (exact) mass is 455 g/mol. The van der Waals surface area contributed by atoms with E-state index in [0.29, 0.717) is 11.5 Å². The summed E-state index contributed by atoms with van der Waals surface area (Å²) in [6, 6.07) is 4.94. The number of hydrogen-bond donors (Lipinski definition) is 1. The van der Waals surface area contributed by atoms with Gasteiger partial charge in [-0.3, -0.25) is 0 Å². The molecule has 23 heavy (non-hydrogen) atoms. The van der Waals surface area contributed by atoms with Crippen molar-refractivity contribution in [3.8, 4) is 11.8 Å². The van der Waals surface area contributed by atoms with E-state index < -0.39 is 11.7 Å². The van der Waals surface area contributed by atoms with Gasteiger partial charge in [-0.25, -0.2) is 4.99 Å². The molecule has 1 fully saturated rings. The first-order chi connectivity index (χ1) is 10.5. The Balaban J connectivity index is 0.00000264. The Morgan fingerprint density at radius 2 is 2.00 bits per heavy atom. The van der Waals surface area contributed by atoms with E-state index in [4.69, 9.17) is 5.73 Å². The molecule has 0 bridgehead atoms. The van der Waals surface area contributed by atoms with Gasteiger partial charge in [-0.15, -0.1) is 24.0 Å². The van der Waals surface area contributed by atoms with Gasteiger partial charge in [-0.1, -0.05) is 17.9 Å². The van der Waals surface area contributed by atoms with Crippen LogP contribution in [-0.4, -0.2) is 42.0 Å². The van der Waals surface area contributed by atoms with E-state index in [9.17, 15) is 13.2 Å². The third-order valence-corrected chi connectivity index (χ3v) is 4.02. The number of hydrogen-bond acceptors (Lipinski definition) is 2. The Bertz CT molecular complexity index is 602. The molecule has 1 aliphatic rings. The second-order valence-electron chi connectivity index (χ2n) is 4.65. The third-order valence-electron chi connectivity index (χ3n) is 3.08. The maximum atomic E-state index is 12.6. The van der Waals surface area contributed by atoms with E-state index in [1.54, 1.807) is 0 Å². The summed E-state index contributed by atoms with van der Waals surface area (Å²) in [5.74, 6) is 7.90. The summed E-state index contributed by atoms with van der Waals surface area (Å²) < 4.78 is 37.7. The van der Waals surface area contributed by atoms with Crippen molar-refractivity contribution in [1.82, 2.24) is 4.90 Å². The lowest BCUT2D eigenvalue weighted by Crippen LogP contribution is -2.42. The molecule has 0 atom stereocenters. The fourth-order valence-electron chi connectivity index (χ4n) is 1.93. The summed E-state index contributed by atoms with van der Waals surface area (Å²) in [4.78, 5) is 6.14. The van der Waals surface area contributed by atoms with Crippen molar-refractivity contribution in [3.05, 3.63) is 35.4 Å². The molecule has 0 aliphatic carbocycles. The van der Waals surface area contributed by atoms with Gasteiger partial charge >= 0.3 is 6.18 Å². The van der Waals surface area contributed by atoms with Crippen molar-refractivity contribution in [1.29, 1.82) is 0 Å². The number of benzene rings is 1. The number of halogens is 4. The van der Waals surface area contributed by atoms with Gasteiger partial charge in [0.15, 0.2) is 5.96 Å². The molecule has 126 valence electrons. The minimum Gasteiger partial charge on any atom is -0.370 e. The summed E-state index contributed by atoms with van der Waals surface area (Å²) >= 11 is 1.87. The molecule has 2 rings (SSSR count). The summed E-state index contributed by atoms with van der Waals surface area (Å²) in [5.41, 5.74) is 5.48. The van der Waals surface area contributed by atoms with E-state index >= 15 is 0 Å². The molecule has 0 spiro atoms. The summed E-state index contributed by atoms with van der Waals surface area (Å²) in [7, 11) is 0. The Labute approximate surface area is 154 Å². The van der Waals surface area contributed by atoms with Gasteiger partial charge in [0, 0.05) is 30.2 Å². The van der Waals surface area contributed by atoms with Gasteiger partial charge in [0.05, 0.1) is 5.56 Å². The van der Waals surface area contributed by atoms with Gasteiger partial charge in [0.2, 0.25) is 0 Å². The van der Waals surface area contributed by atoms with Crippen LogP contribution in [0.5, 0.6) is 0 Å². The SMILES string of the molecule is I.NC(=NCC#Cc1cccc(C(F)(F)F)c1)N1CCSCC1. The lowest BCUT2D eigenvalue weighted by atomic mass is 10.1. The van der Waals surface area contributed by atoms with Crippen LogP contribution in [0.2, 0.25) is 0 Å². The minimum atomic E-state index is -4.35. The maximum absolute atomic E-state index is 12.6. The second kappa shape index (κ2) is 9.27. The highest BCUT2D eigenvalue weighted by Gasteiger charge is 2.30. The van der Waals surface area contributed by atoms with Crippen molar-refractivity contribution >= 4 is 41.7 Å². The Morgan fingerprint density at radius 1 is 1.30 bits per heavy atom. The summed E-state index contributed by atoms with van der Waals surface area (Å²) in [5, 5.41) is 0. The number of nitrogens with zero attached hydrogens (tertiary/aromatic N) is 2. The number of aliphatic imine (C=N–C) groups is 1. The number of guanidine groups is 1. The topological polar surface area (TPSA) is 41.6 Å². The first kappa shape index (κ1) is 20.0. The van der Waals surface area contributed by atoms with Gasteiger partial charge < -0.3 is 10.6 Å². The van der Waals surface area contributed by atoms with Crippen LogP contribution in [0.4, 0.5) is 13.2 Å². The average molecular weight is 455 g/mol. The first-order valence-corrected chi connectivity index (χ1v) is 7.91. The van der Waals surface area contributed by atoms with E-state index in [1.165, 1.54) is 12.1 Å². The molecule has 3 nitrogen and oxygen atoms in total. The molecule has 8 heteroatoms. The van der Waals surface area contributed by atoms with E-state index in [-0.39, 0.29) is 30.5 Å². The molecule has 1 aromatic rings. The standard InChI is InChI=1S/C15H16F3N3S.HI/c16-15(17,18)13-5-1-3-12(11-13)4-2-6-20-14(19)21-7-9-22-10-8-21;/h1,3,5,11H,6-10H2,(H2,19,20);1H. The van der Waals surface area contributed by atoms with Crippen molar-refractivity contribution < 1.29 is 13.2 Å². The van der Waals surface area contributed by atoms with Crippen LogP contribution in [0.3, 0.4) is 0 Å². The predicted octanol–water partition coefficient (Wildman–Crippen LogP) is 3.04. The van der Waals surface area contributed by atoms with Gasteiger partial charge in [0.25, 0.3) is 0 Å². The molecule has 0 unspecified atom stereocenters. The van der Waals surface area contributed by atoms with Gasteiger partial charge in [0.1, 0.15) is 6.54 Å². The average Bonchev–Trinajstić information content (AvgIpc) is 2.52. The Kier molecular flexibility index (Phi) is 8.05. The van der Waals surface area contributed by atoms with Crippen molar-refractivity contribution in [2.75, 3.05) is 31.1 Å². The van der Waals surface area contributed by atoms with Crippen LogP contribution in [0.1, 0.15) is 11.1 Å². The Hall–Kier alpha value is -1.08. The largest absolute Gasteiger partial charge is 0.416 e.